The van der Waals surface area contributed by atoms with Crippen molar-refractivity contribution < 1.29 is 26.3 Å². The fraction of sp³-hybridized carbons (Fsp3) is 0.714. The third-order valence-corrected chi connectivity index (χ3v) is 3.30. The molecule has 0 N–H and O–H groups in total. The van der Waals surface area contributed by atoms with Gasteiger partial charge < -0.3 is 0 Å². The quantitative estimate of drug-likeness (QED) is 0.449. The van der Waals surface area contributed by atoms with Crippen molar-refractivity contribution in [1.82, 2.24) is 0 Å². The van der Waals surface area contributed by atoms with Gasteiger partial charge in [0.25, 0.3) is 11.3 Å². The Labute approximate surface area is 78.7 Å². The van der Waals surface area contributed by atoms with Gasteiger partial charge in [-0.05, 0) is 0 Å². The number of allylic oxidation sites excluding steroid dienone is 1. The Kier molecular flexibility index (Phi) is 1.10. The predicted octanol–water partition coefficient (Wildman–Crippen LogP) is 2.42. The molecule has 0 amide bonds. The number of fused-ring (bicyclic) bond motifs is 4. The highest BCUT2D eigenvalue weighted by Gasteiger charge is 3.04. The number of halogens is 6. The zero-order chi connectivity index (χ0) is 11.3. The van der Waals surface area contributed by atoms with Crippen LogP contribution in [0.15, 0.2) is 21.9 Å². The molecule has 0 saturated heterocycles. The zero-order valence-electron chi connectivity index (χ0n) is 6.87. The Morgan fingerprint density at radius 1 is 0.933 bits per heavy atom. The van der Waals surface area contributed by atoms with Gasteiger partial charge in [0.15, 0.2) is 11.7 Å². The van der Waals surface area contributed by atoms with Gasteiger partial charge >= 0.3 is 5.79 Å². The minimum atomic E-state index is -4.00. The van der Waals surface area contributed by atoms with Crippen molar-refractivity contribution in [2.24, 2.45) is 10.2 Å². The fourth-order valence-corrected chi connectivity index (χ4v) is 2.39. The van der Waals surface area contributed by atoms with Crippen LogP contribution in [0.4, 0.5) is 26.3 Å². The van der Waals surface area contributed by atoms with Gasteiger partial charge in [0.05, 0.1) is 0 Å². The summed E-state index contributed by atoms with van der Waals surface area (Å²) in [5, 5.41) is 5.31. The molecule has 1 saturated carbocycles. The van der Waals surface area contributed by atoms with Crippen LogP contribution in [0.25, 0.3) is 0 Å². The molecular weight excluding hydrogens is 226 g/mol. The van der Waals surface area contributed by atoms with Crippen molar-refractivity contribution in [3.63, 3.8) is 0 Å². The van der Waals surface area contributed by atoms with E-state index in [1.807, 2.05) is 0 Å². The molecule has 82 valence electrons. The van der Waals surface area contributed by atoms with Crippen molar-refractivity contribution in [2.75, 3.05) is 6.54 Å². The summed E-state index contributed by atoms with van der Waals surface area (Å²) in [7, 11) is 0. The molecule has 0 aromatic heterocycles. The van der Waals surface area contributed by atoms with Crippen LogP contribution in [0.5, 0.6) is 0 Å². The van der Waals surface area contributed by atoms with Crippen LogP contribution in [-0.4, -0.2) is 29.3 Å². The van der Waals surface area contributed by atoms with Crippen molar-refractivity contribution >= 4 is 0 Å². The van der Waals surface area contributed by atoms with Crippen LogP contribution in [-0.2, 0) is 0 Å². The molecule has 2 aliphatic carbocycles. The highest BCUT2D eigenvalue weighted by molar-refractivity contribution is 5.61. The smallest absolute Gasteiger partial charge is 0.231 e. The van der Waals surface area contributed by atoms with Gasteiger partial charge in [0, 0.05) is 0 Å². The van der Waals surface area contributed by atoms with Gasteiger partial charge in [-0.3, -0.25) is 0 Å². The van der Waals surface area contributed by atoms with Crippen LogP contribution >= 0.6 is 0 Å². The topological polar surface area (TPSA) is 24.7 Å². The molecular formula is C7H2F6N2. The Balaban J connectivity index is 2.28. The number of azo groups is 1. The number of rotatable bonds is 0. The lowest BCUT2D eigenvalue weighted by Crippen LogP contribution is -2.92. The first-order valence-corrected chi connectivity index (χ1v) is 3.98. The summed E-state index contributed by atoms with van der Waals surface area (Å²) in [5.74, 6) is -8.30. The number of alkyl halides is 4. The monoisotopic (exact) mass is 228 g/mol. The largest absolute Gasteiger partial charge is 0.302 e. The Hall–Kier alpha value is -1.08. The van der Waals surface area contributed by atoms with Crippen molar-refractivity contribution in [2.45, 2.75) is 22.8 Å². The predicted molar refractivity (Wildman–Crippen MR) is 34.3 cm³/mol. The number of hydrogen-bond acceptors (Lipinski definition) is 2. The van der Waals surface area contributed by atoms with Crippen LogP contribution in [0, 0.1) is 0 Å². The molecule has 1 heterocycles. The molecule has 4 atom stereocenters. The van der Waals surface area contributed by atoms with Crippen LogP contribution < -0.4 is 0 Å². The summed E-state index contributed by atoms with van der Waals surface area (Å²) < 4.78 is 79.5. The standard InChI is InChI=1S/C7H2F6N2/c8-2-3(9)6(12)5(2,11)4(10)1-14-15-7(4,6)13/h1H2/t4-,5-,6-,7+/m1/s1. The normalized spacial score (nSPS) is 60.9. The second-order valence-corrected chi connectivity index (χ2v) is 3.77. The molecule has 0 bridgehead atoms. The highest BCUT2D eigenvalue weighted by Crippen LogP contribution is 2.79. The van der Waals surface area contributed by atoms with E-state index in [-0.39, 0.29) is 0 Å². The van der Waals surface area contributed by atoms with E-state index < -0.39 is 41.0 Å². The molecule has 3 aliphatic rings. The molecule has 0 aromatic rings. The summed E-state index contributed by atoms with van der Waals surface area (Å²) >= 11 is 0. The molecule has 0 radical (unpaired) electrons. The first-order valence-electron chi connectivity index (χ1n) is 3.98. The number of hydrogen-bond donors (Lipinski definition) is 0. The molecule has 0 unspecified atom stereocenters. The molecule has 0 aromatic carbocycles. The van der Waals surface area contributed by atoms with Gasteiger partial charge in [-0.25, -0.2) is 26.3 Å². The average Bonchev–Trinajstić information content (AvgIpc) is 2.51. The van der Waals surface area contributed by atoms with Gasteiger partial charge in [0.2, 0.25) is 5.67 Å². The lowest BCUT2D eigenvalue weighted by Gasteiger charge is -2.64. The van der Waals surface area contributed by atoms with E-state index in [4.69, 9.17) is 0 Å². The van der Waals surface area contributed by atoms with Crippen molar-refractivity contribution in [3.8, 4) is 0 Å². The summed E-state index contributed by atoms with van der Waals surface area (Å²) in [6.45, 7) is -1.16. The first-order chi connectivity index (χ1) is 6.77. The molecule has 2 nitrogen and oxygen atoms in total. The van der Waals surface area contributed by atoms with Crippen LogP contribution in [0.2, 0.25) is 0 Å². The van der Waals surface area contributed by atoms with E-state index in [0.717, 1.165) is 0 Å². The summed E-state index contributed by atoms with van der Waals surface area (Å²) in [6, 6.07) is 0. The van der Waals surface area contributed by atoms with Crippen molar-refractivity contribution in [3.05, 3.63) is 11.7 Å². The van der Waals surface area contributed by atoms with Crippen LogP contribution in [0.3, 0.4) is 0 Å². The summed E-state index contributed by atoms with van der Waals surface area (Å²) in [4.78, 5) is 0. The highest BCUT2D eigenvalue weighted by atomic mass is 19.2. The van der Waals surface area contributed by atoms with E-state index in [0.29, 0.717) is 0 Å². The second-order valence-electron chi connectivity index (χ2n) is 3.77. The van der Waals surface area contributed by atoms with Gasteiger partial charge in [0.1, 0.15) is 6.54 Å². The Bertz CT molecular complexity index is 449. The maximum Gasteiger partial charge on any atom is 0.302 e. The lowest BCUT2D eigenvalue weighted by molar-refractivity contribution is -0.336. The third kappa shape index (κ3) is 0.444. The Morgan fingerprint density at radius 2 is 1.47 bits per heavy atom. The molecule has 1 fully saturated rings. The van der Waals surface area contributed by atoms with E-state index in [9.17, 15) is 26.3 Å². The van der Waals surface area contributed by atoms with E-state index in [2.05, 4.69) is 10.2 Å². The van der Waals surface area contributed by atoms with Gasteiger partial charge in [-0.15, -0.1) is 5.11 Å². The maximum atomic E-state index is 13.6. The molecule has 8 heteroatoms. The zero-order valence-corrected chi connectivity index (χ0v) is 6.87. The second kappa shape index (κ2) is 1.80. The summed E-state index contributed by atoms with van der Waals surface area (Å²) in [6.07, 6.45) is 0. The molecule has 1 aliphatic heterocycles. The fourth-order valence-electron chi connectivity index (χ4n) is 2.39. The minimum Gasteiger partial charge on any atom is -0.231 e. The average molecular weight is 228 g/mol. The molecule has 0 spiro atoms. The minimum absolute atomic E-state index is 1.16. The SMILES string of the molecule is FC1=C(F)[C@]2(F)[C@@]3(F)N=NC[C@@]3(F)[C@]12F. The first kappa shape index (κ1) is 9.17. The third-order valence-electron chi connectivity index (χ3n) is 3.30. The van der Waals surface area contributed by atoms with E-state index in [1.165, 1.54) is 0 Å². The molecule has 15 heavy (non-hydrogen) atoms. The maximum absolute atomic E-state index is 13.6. The van der Waals surface area contributed by atoms with Gasteiger partial charge in [-0.2, -0.15) is 5.11 Å². The van der Waals surface area contributed by atoms with Crippen molar-refractivity contribution in [1.29, 1.82) is 0 Å². The van der Waals surface area contributed by atoms with Crippen LogP contribution in [0.1, 0.15) is 0 Å². The Morgan fingerprint density at radius 3 is 2.07 bits per heavy atom. The summed E-state index contributed by atoms with van der Waals surface area (Å²) in [5.41, 5.74) is -11.5. The molecule has 3 rings (SSSR count). The van der Waals surface area contributed by atoms with E-state index >= 15 is 0 Å². The van der Waals surface area contributed by atoms with E-state index in [1.54, 1.807) is 0 Å². The van der Waals surface area contributed by atoms with Gasteiger partial charge in [-0.1, -0.05) is 0 Å². The number of nitrogens with zero attached hydrogens (tertiary/aromatic N) is 2. The lowest BCUT2D eigenvalue weighted by atomic mass is 9.46.